The van der Waals surface area contributed by atoms with Crippen molar-refractivity contribution in [2.45, 2.75) is 122 Å². The van der Waals surface area contributed by atoms with Gasteiger partial charge in [-0.15, -0.1) is 0 Å². The molecular formula is C32H44BF2N3O4. The van der Waals surface area contributed by atoms with Gasteiger partial charge in [0.05, 0.1) is 11.2 Å². The number of halogens is 2. The second kappa shape index (κ2) is 10.3. The molecule has 0 radical (unpaired) electrons. The van der Waals surface area contributed by atoms with Crippen LogP contribution in [0.3, 0.4) is 0 Å². The van der Waals surface area contributed by atoms with Crippen molar-refractivity contribution in [1.29, 1.82) is 0 Å². The van der Waals surface area contributed by atoms with E-state index in [1.54, 1.807) is 17.2 Å². The van der Waals surface area contributed by atoms with Crippen molar-refractivity contribution in [2.75, 3.05) is 11.4 Å². The van der Waals surface area contributed by atoms with Crippen LogP contribution >= 0.6 is 0 Å². The smallest absolute Gasteiger partial charge is 0.443 e. The summed E-state index contributed by atoms with van der Waals surface area (Å²) in [7, 11) is -0.577. The van der Waals surface area contributed by atoms with Crippen molar-refractivity contribution in [3.05, 3.63) is 47.9 Å². The summed E-state index contributed by atoms with van der Waals surface area (Å²) in [5, 5.41) is 0. The van der Waals surface area contributed by atoms with E-state index in [-0.39, 0.29) is 16.4 Å². The SMILES string of the molecule is CC(C)(C)OC(=O)N(CC12CCC(c3ccc(C(C)(F)F)cn3)(CC1)CC2)c1cc(B2OC(C)(C)C(C)(C)O2)ccn1. The van der Waals surface area contributed by atoms with E-state index in [0.29, 0.717) is 12.4 Å². The zero-order chi connectivity index (χ0) is 30.8. The Kier molecular flexibility index (Phi) is 7.53. The minimum Gasteiger partial charge on any atom is -0.443 e. The van der Waals surface area contributed by atoms with Crippen LogP contribution in [0.4, 0.5) is 19.4 Å². The lowest BCUT2D eigenvalue weighted by Crippen LogP contribution is -2.52. The number of pyridine rings is 2. The number of ether oxygens (including phenoxy) is 1. The van der Waals surface area contributed by atoms with Crippen molar-refractivity contribution in [3.63, 3.8) is 0 Å². The van der Waals surface area contributed by atoms with Crippen molar-refractivity contribution in [1.82, 2.24) is 9.97 Å². The monoisotopic (exact) mass is 583 g/mol. The van der Waals surface area contributed by atoms with Crippen LogP contribution in [0.5, 0.6) is 0 Å². The van der Waals surface area contributed by atoms with E-state index in [4.69, 9.17) is 14.0 Å². The summed E-state index contributed by atoms with van der Waals surface area (Å²) in [6.45, 7) is 15.0. The molecule has 7 nitrogen and oxygen atoms in total. The molecule has 4 aliphatic rings. The first-order valence-electron chi connectivity index (χ1n) is 15.0. The Labute approximate surface area is 248 Å². The van der Waals surface area contributed by atoms with E-state index in [1.807, 2.05) is 60.6 Å². The first kappa shape index (κ1) is 30.9. The lowest BCUT2D eigenvalue weighted by atomic mass is 9.52. The Balaban J connectivity index is 1.38. The van der Waals surface area contributed by atoms with Gasteiger partial charge in [-0.2, -0.15) is 0 Å². The molecule has 2 aromatic rings. The molecule has 1 amide bonds. The molecular weight excluding hydrogens is 539 g/mol. The highest BCUT2D eigenvalue weighted by molar-refractivity contribution is 6.62. The molecule has 1 aliphatic heterocycles. The van der Waals surface area contributed by atoms with Gasteiger partial charge >= 0.3 is 13.2 Å². The summed E-state index contributed by atoms with van der Waals surface area (Å²) >= 11 is 0. The van der Waals surface area contributed by atoms with Crippen molar-refractivity contribution in [3.8, 4) is 0 Å². The normalized spacial score (nSPS) is 26.8. The molecule has 0 N–H and O–H groups in total. The molecule has 2 aromatic heterocycles. The molecule has 3 aliphatic carbocycles. The van der Waals surface area contributed by atoms with Crippen LogP contribution in [0.2, 0.25) is 0 Å². The zero-order valence-corrected chi connectivity index (χ0v) is 26.2. The van der Waals surface area contributed by atoms with Gasteiger partial charge in [-0.25, -0.2) is 18.6 Å². The van der Waals surface area contributed by atoms with Gasteiger partial charge in [0.1, 0.15) is 11.4 Å². The Morgan fingerprint density at radius 3 is 2.05 bits per heavy atom. The Morgan fingerprint density at radius 1 is 0.952 bits per heavy atom. The predicted molar refractivity (Wildman–Crippen MR) is 159 cm³/mol. The highest BCUT2D eigenvalue weighted by atomic mass is 19.3. The van der Waals surface area contributed by atoms with Crippen LogP contribution in [-0.4, -0.2) is 46.5 Å². The van der Waals surface area contributed by atoms with Gasteiger partial charge in [0.15, 0.2) is 0 Å². The number of hydrogen-bond acceptors (Lipinski definition) is 6. The number of anilines is 1. The highest BCUT2D eigenvalue weighted by Crippen LogP contribution is 2.58. The molecule has 0 aromatic carbocycles. The fourth-order valence-electron chi connectivity index (χ4n) is 6.45. The summed E-state index contributed by atoms with van der Waals surface area (Å²) in [5.41, 5.74) is -0.244. The Hall–Kier alpha value is -2.59. The van der Waals surface area contributed by atoms with Crippen LogP contribution in [0, 0.1) is 5.41 Å². The number of amides is 1. The minimum atomic E-state index is -2.91. The maximum absolute atomic E-state index is 13.8. The van der Waals surface area contributed by atoms with Gasteiger partial charge in [-0.1, -0.05) is 0 Å². The molecule has 6 rings (SSSR count). The molecule has 0 atom stereocenters. The number of carbonyl (C=O) groups is 1. The second-order valence-corrected chi connectivity index (χ2v) is 14.7. The second-order valence-electron chi connectivity index (χ2n) is 14.7. The lowest BCUT2D eigenvalue weighted by Gasteiger charge is -2.54. The molecule has 228 valence electrons. The van der Waals surface area contributed by atoms with Crippen molar-refractivity contribution in [2.24, 2.45) is 5.41 Å². The molecule has 0 spiro atoms. The summed E-state index contributed by atoms with van der Waals surface area (Å²) in [4.78, 5) is 24.5. The number of alkyl halides is 2. The number of nitrogens with zero attached hydrogens (tertiary/aromatic N) is 3. The third-order valence-electron chi connectivity index (χ3n) is 9.89. The average Bonchev–Trinajstić information content (AvgIpc) is 3.13. The van der Waals surface area contributed by atoms with Crippen molar-refractivity contribution < 1.29 is 27.6 Å². The van der Waals surface area contributed by atoms with E-state index in [9.17, 15) is 13.6 Å². The molecule has 3 saturated carbocycles. The van der Waals surface area contributed by atoms with Crippen LogP contribution in [0.15, 0.2) is 36.7 Å². The summed E-state index contributed by atoms with van der Waals surface area (Å²) in [5.74, 6) is -2.40. The third-order valence-corrected chi connectivity index (χ3v) is 9.89. The average molecular weight is 584 g/mol. The standard InChI is InChI=1S/C32H44BF2N3O4/c1-27(2,3)40-26(39)38(25-19-23(11-18-36-25)33-41-28(4,5)29(6,7)42-33)21-31-12-15-32(16-13-31,17-14-31)24-10-9-22(20-37-24)30(8,34)35/h9-11,18-20H,12-17,21H2,1-8H3. The number of carbonyl (C=O) groups excluding carboxylic acids is 1. The fourth-order valence-corrected chi connectivity index (χ4v) is 6.45. The molecule has 3 heterocycles. The number of hydrogen-bond donors (Lipinski definition) is 0. The van der Waals surface area contributed by atoms with E-state index in [0.717, 1.165) is 56.6 Å². The fraction of sp³-hybridized carbons (Fsp3) is 0.656. The number of rotatable bonds is 6. The first-order chi connectivity index (χ1) is 19.3. The molecule has 42 heavy (non-hydrogen) atoms. The molecule has 10 heteroatoms. The van der Waals surface area contributed by atoms with Crippen molar-refractivity contribution >= 4 is 24.5 Å². The predicted octanol–water partition coefficient (Wildman–Crippen LogP) is 6.92. The lowest BCUT2D eigenvalue weighted by molar-refractivity contribution is 0.00578. The van der Waals surface area contributed by atoms with E-state index >= 15 is 0 Å². The van der Waals surface area contributed by atoms with Gasteiger partial charge in [-0.05, 0) is 122 Å². The largest absolute Gasteiger partial charge is 0.495 e. The van der Waals surface area contributed by atoms with Gasteiger partial charge in [0.25, 0.3) is 5.92 Å². The summed E-state index contributed by atoms with van der Waals surface area (Å²) in [6.07, 6.45) is 7.96. The van der Waals surface area contributed by atoms with Crippen LogP contribution in [0.1, 0.15) is 105 Å². The van der Waals surface area contributed by atoms with E-state index < -0.39 is 35.9 Å². The van der Waals surface area contributed by atoms with Gasteiger partial charge in [0, 0.05) is 42.5 Å². The van der Waals surface area contributed by atoms with E-state index in [1.165, 1.54) is 12.3 Å². The maximum Gasteiger partial charge on any atom is 0.495 e. The quantitative estimate of drug-likeness (QED) is 0.344. The van der Waals surface area contributed by atoms with E-state index in [2.05, 4.69) is 9.97 Å². The summed E-state index contributed by atoms with van der Waals surface area (Å²) in [6, 6.07) is 7.02. The Morgan fingerprint density at radius 2 is 1.55 bits per heavy atom. The number of fused-ring (bicyclic) bond motifs is 3. The molecule has 4 fully saturated rings. The zero-order valence-electron chi connectivity index (χ0n) is 26.2. The Bertz CT molecular complexity index is 1280. The molecule has 0 unspecified atom stereocenters. The van der Waals surface area contributed by atoms with Gasteiger partial charge in [0.2, 0.25) is 0 Å². The number of aromatic nitrogens is 2. The topological polar surface area (TPSA) is 73.8 Å². The first-order valence-corrected chi connectivity index (χ1v) is 15.0. The van der Waals surface area contributed by atoms with Crippen LogP contribution < -0.4 is 10.4 Å². The third kappa shape index (κ3) is 5.94. The summed E-state index contributed by atoms with van der Waals surface area (Å²) < 4.78 is 46.0. The molecule has 2 bridgehead atoms. The minimum absolute atomic E-state index is 0.0631. The highest BCUT2D eigenvalue weighted by Gasteiger charge is 2.53. The van der Waals surface area contributed by atoms with Crippen LogP contribution in [-0.2, 0) is 25.4 Å². The van der Waals surface area contributed by atoms with Crippen LogP contribution in [0.25, 0.3) is 0 Å². The maximum atomic E-state index is 13.8. The molecule has 1 saturated heterocycles. The van der Waals surface area contributed by atoms with Gasteiger partial charge in [-0.3, -0.25) is 9.88 Å². The van der Waals surface area contributed by atoms with Gasteiger partial charge < -0.3 is 14.0 Å².